The van der Waals surface area contributed by atoms with E-state index in [-0.39, 0.29) is 11.3 Å². The molecule has 104 valence electrons. The SMILES string of the molecule is COC(=O)/C(C(=O)C(C)C)=C1/OC(=O)c2ccccc21. The number of cyclic esters (lactones) is 1. The number of fused-ring (bicyclic) bond motifs is 1. The number of esters is 2. The molecule has 0 unspecified atom stereocenters. The quantitative estimate of drug-likeness (QED) is 0.365. The van der Waals surface area contributed by atoms with Gasteiger partial charge in [-0.25, -0.2) is 9.59 Å². The fourth-order valence-electron chi connectivity index (χ4n) is 1.94. The molecule has 0 bridgehead atoms. The molecule has 0 aromatic heterocycles. The predicted molar refractivity (Wildman–Crippen MR) is 70.6 cm³/mol. The second-order valence-corrected chi connectivity index (χ2v) is 4.65. The smallest absolute Gasteiger partial charge is 0.345 e. The molecule has 0 aliphatic carbocycles. The van der Waals surface area contributed by atoms with Crippen molar-refractivity contribution in [2.45, 2.75) is 13.8 Å². The van der Waals surface area contributed by atoms with Gasteiger partial charge in [-0.05, 0) is 6.07 Å². The van der Waals surface area contributed by atoms with Crippen LogP contribution >= 0.6 is 0 Å². The number of methoxy groups -OCH3 is 1. The maximum Gasteiger partial charge on any atom is 0.345 e. The summed E-state index contributed by atoms with van der Waals surface area (Å²) >= 11 is 0. The first-order valence-corrected chi connectivity index (χ1v) is 6.15. The number of benzene rings is 1. The van der Waals surface area contributed by atoms with E-state index in [9.17, 15) is 14.4 Å². The van der Waals surface area contributed by atoms with Crippen molar-refractivity contribution in [1.29, 1.82) is 0 Å². The fourth-order valence-corrected chi connectivity index (χ4v) is 1.94. The molecule has 0 atom stereocenters. The molecular formula is C15H14O5. The van der Waals surface area contributed by atoms with Crippen LogP contribution in [0.25, 0.3) is 5.76 Å². The number of carbonyl (C=O) groups excluding carboxylic acids is 3. The van der Waals surface area contributed by atoms with Crippen molar-refractivity contribution in [2.24, 2.45) is 5.92 Å². The van der Waals surface area contributed by atoms with Crippen molar-refractivity contribution in [3.63, 3.8) is 0 Å². The molecule has 0 N–H and O–H groups in total. The van der Waals surface area contributed by atoms with Crippen LogP contribution in [-0.4, -0.2) is 24.8 Å². The molecule has 0 saturated heterocycles. The van der Waals surface area contributed by atoms with Crippen LogP contribution in [0.4, 0.5) is 0 Å². The van der Waals surface area contributed by atoms with Gasteiger partial charge in [-0.15, -0.1) is 0 Å². The monoisotopic (exact) mass is 274 g/mol. The van der Waals surface area contributed by atoms with E-state index >= 15 is 0 Å². The van der Waals surface area contributed by atoms with E-state index in [4.69, 9.17) is 4.74 Å². The van der Waals surface area contributed by atoms with Crippen LogP contribution in [0.5, 0.6) is 0 Å². The van der Waals surface area contributed by atoms with E-state index < -0.39 is 23.6 Å². The number of carbonyl (C=O) groups is 3. The van der Waals surface area contributed by atoms with Gasteiger partial charge in [-0.3, -0.25) is 4.79 Å². The third kappa shape index (κ3) is 2.22. The highest BCUT2D eigenvalue weighted by Crippen LogP contribution is 2.33. The number of ketones is 1. The molecule has 0 saturated carbocycles. The summed E-state index contributed by atoms with van der Waals surface area (Å²) in [7, 11) is 1.18. The van der Waals surface area contributed by atoms with Crippen molar-refractivity contribution >= 4 is 23.5 Å². The van der Waals surface area contributed by atoms with Crippen LogP contribution in [0, 0.1) is 5.92 Å². The summed E-state index contributed by atoms with van der Waals surface area (Å²) in [5.41, 5.74) is 0.549. The number of Topliss-reactive ketones (excluding diaryl/α,β-unsaturated/α-hetero) is 1. The summed E-state index contributed by atoms with van der Waals surface area (Å²) in [6.45, 7) is 3.32. The van der Waals surface area contributed by atoms with Gasteiger partial charge in [0.25, 0.3) is 0 Å². The van der Waals surface area contributed by atoms with E-state index in [1.54, 1.807) is 38.1 Å². The lowest BCUT2D eigenvalue weighted by molar-refractivity contribution is -0.138. The Morgan fingerprint density at radius 1 is 1.15 bits per heavy atom. The minimum atomic E-state index is -0.803. The Balaban J connectivity index is 2.67. The summed E-state index contributed by atoms with van der Waals surface area (Å²) in [6, 6.07) is 6.60. The zero-order valence-corrected chi connectivity index (χ0v) is 11.4. The Hall–Kier alpha value is -2.43. The zero-order chi connectivity index (χ0) is 14.9. The average Bonchev–Trinajstić information content (AvgIpc) is 2.76. The van der Waals surface area contributed by atoms with Crippen molar-refractivity contribution in [3.05, 3.63) is 41.0 Å². The predicted octanol–water partition coefficient (Wildman–Crippen LogP) is 1.97. The maximum atomic E-state index is 12.2. The summed E-state index contributed by atoms with van der Waals surface area (Å²) in [5.74, 6) is -2.23. The van der Waals surface area contributed by atoms with Gasteiger partial charge in [-0.1, -0.05) is 32.0 Å². The van der Waals surface area contributed by atoms with Gasteiger partial charge in [0.05, 0.1) is 12.7 Å². The molecule has 1 aromatic rings. The standard InChI is InChI=1S/C15H14O5/c1-8(2)12(16)11(15(18)19-3)13-9-6-4-5-7-10(9)14(17)20-13/h4-8H,1-3H3/b13-11+. The Morgan fingerprint density at radius 3 is 2.30 bits per heavy atom. The van der Waals surface area contributed by atoms with Crippen LogP contribution in [-0.2, 0) is 19.1 Å². The second-order valence-electron chi connectivity index (χ2n) is 4.65. The molecule has 0 radical (unpaired) electrons. The van der Waals surface area contributed by atoms with E-state index in [1.165, 1.54) is 7.11 Å². The van der Waals surface area contributed by atoms with Crippen molar-refractivity contribution in [1.82, 2.24) is 0 Å². The van der Waals surface area contributed by atoms with Crippen LogP contribution in [0.2, 0.25) is 0 Å². The lowest BCUT2D eigenvalue weighted by Crippen LogP contribution is -2.21. The third-order valence-electron chi connectivity index (χ3n) is 2.97. The minimum absolute atomic E-state index is 0.0175. The Labute approximate surface area is 116 Å². The van der Waals surface area contributed by atoms with E-state index in [0.29, 0.717) is 11.1 Å². The lowest BCUT2D eigenvalue weighted by atomic mass is 9.97. The number of rotatable bonds is 3. The molecule has 0 spiro atoms. The third-order valence-corrected chi connectivity index (χ3v) is 2.97. The van der Waals surface area contributed by atoms with Crippen LogP contribution in [0.1, 0.15) is 29.8 Å². The molecule has 1 aliphatic rings. The largest absolute Gasteiger partial charge is 0.465 e. The second kappa shape index (κ2) is 5.28. The van der Waals surface area contributed by atoms with Gasteiger partial charge in [0, 0.05) is 11.5 Å². The summed E-state index contributed by atoms with van der Waals surface area (Å²) in [6.07, 6.45) is 0. The average molecular weight is 274 g/mol. The number of hydrogen-bond donors (Lipinski definition) is 0. The highest BCUT2D eigenvalue weighted by atomic mass is 16.5. The van der Waals surface area contributed by atoms with Gasteiger partial charge in [0.2, 0.25) is 0 Å². The van der Waals surface area contributed by atoms with Crippen molar-refractivity contribution in [2.75, 3.05) is 7.11 Å². The van der Waals surface area contributed by atoms with Crippen molar-refractivity contribution in [3.8, 4) is 0 Å². The number of ether oxygens (including phenoxy) is 2. The lowest BCUT2D eigenvalue weighted by Gasteiger charge is -2.10. The first kappa shape index (κ1) is 14.0. The van der Waals surface area contributed by atoms with Gasteiger partial charge < -0.3 is 9.47 Å². The topological polar surface area (TPSA) is 69.7 Å². The first-order chi connectivity index (χ1) is 9.47. The molecule has 2 rings (SSSR count). The molecule has 5 nitrogen and oxygen atoms in total. The van der Waals surface area contributed by atoms with Gasteiger partial charge in [0.1, 0.15) is 5.57 Å². The Bertz CT molecular complexity index is 625. The van der Waals surface area contributed by atoms with Crippen molar-refractivity contribution < 1.29 is 23.9 Å². The fraction of sp³-hybridized carbons (Fsp3) is 0.267. The van der Waals surface area contributed by atoms with Gasteiger partial charge in [-0.2, -0.15) is 0 Å². The van der Waals surface area contributed by atoms with Crippen LogP contribution < -0.4 is 0 Å². The highest BCUT2D eigenvalue weighted by Gasteiger charge is 2.35. The van der Waals surface area contributed by atoms with Crippen LogP contribution in [0.15, 0.2) is 29.8 Å². The normalized spacial score (nSPS) is 15.7. The van der Waals surface area contributed by atoms with Gasteiger partial charge >= 0.3 is 11.9 Å². The molecule has 0 amide bonds. The summed E-state index contributed by atoms with van der Waals surface area (Å²) in [5, 5.41) is 0. The van der Waals surface area contributed by atoms with E-state index in [0.717, 1.165) is 0 Å². The summed E-state index contributed by atoms with van der Waals surface area (Å²) < 4.78 is 9.74. The van der Waals surface area contributed by atoms with Gasteiger partial charge in [0.15, 0.2) is 11.5 Å². The highest BCUT2D eigenvalue weighted by molar-refractivity contribution is 6.24. The Kier molecular flexibility index (Phi) is 3.70. The number of hydrogen-bond acceptors (Lipinski definition) is 5. The van der Waals surface area contributed by atoms with E-state index in [1.807, 2.05) is 0 Å². The minimum Gasteiger partial charge on any atom is -0.465 e. The molecule has 5 heteroatoms. The Morgan fingerprint density at radius 2 is 1.75 bits per heavy atom. The molecule has 0 fully saturated rings. The molecule has 1 aliphatic heterocycles. The zero-order valence-electron chi connectivity index (χ0n) is 11.4. The molecular weight excluding hydrogens is 260 g/mol. The molecule has 1 heterocycles. The molecule has 20 heavy (non-hydrogen) atoms. The first-order valence-electron chi connectivity index (χ1n) is 6.15. The summed E-state index contributed by atoms with van der Waals surface area (Å²) in [4.78, 5) is 35.8. The molecule has 1 aromatic carbocycles. The maximum absolute atomic E-state index is 12.2. The van der Waals surface area contributed by atoms with E-state index in [2.05, 4.69) is 4.74 Å². The van der Waals surface area contributed by atoms with Crippen LogP contribution in [0.3, 0.4) is 0 Å².